The van der Waals surface area contributed by atoms with Crippen molar-refractivity contribution in [1.29, 1.82) is 0 Å². The molecule has 0 spiro atoms. The number of nitrogens with zero attached hydrogens (tertiary/aromatic N) is 2. The standard InChI is InChI=1S/C12H14N2O/c1-14-4-2-9-6-11-12(15-8-13-11)7-10(9)3-5-14/h6-8H,2-5H2,1H3. The van der Waals surface area contributed by atoms with Crippen molar-refractivity contribution in [3.05, 3.63) is 29.7 Å². The monoisotopic (exact) mass is 202 g/mol. The molecule has 78 valence electrons. The van der Waals surface area contributed by atoms with Gasteiger partial charge in [-0.3, -0.25) is 0 Å². The van der Waals surface area contributed by atoms with Gasteiger partial charge >= 0.3 is 0 Å². The van der Waals surface area contributed by atoms with Crippen molar-refractivity contribution in [2.45, 2.75) is 12.8 Å². The Morgan fingerprint density at radius 3 is 2.73 bits per heavy atom. The van der Waals surface area contributed by atoms with E-state index in [-0.39, 0.29) is 0 Å². The second kappa shape index (κ2) is 3.35. The van der Waals surface area contributed by atoms with E-state index in [1.54, 1.807) is 0 Å². The Labute approximate surface area is 88.7 Å². The molecule has 0 bridgehead atoms. The maximum absolute atomic E-state index is 5.33. The summed E-state index contributed by atoms with van der Waals surface area (Å²) in [4.78, 5) is 6.57. The molecule has 0 atom stereocenters. The van der Waals surface area contributed by atoms with Crippen molar-refractivity contribution < 1.29 is 4.42 Å². The smallest absolute Gasteiger partial charge is 0.181 e. The highest BCUT2D eigenvalue weighted by Crippen LogP contribution is 2.22. The lowest BCUT2D eigenvalue weighted by Crippen LogP contribution is -2.20. The van der Waals surface area contributed by atoms with E-state index in [1.807, 2.05) is 0 Å². The van der Waals surface area contributed by atoms with Crippen molar-refractivity contribution in [3.63, 3.8) is 0 Å². The molecule has 0 unspecified atom stereocenters. The van der Waals surface area contributed by atoms with Gasteiger partial charge < -0.3 is 9.32 Å². The molecule has 1 aromatic heterocycles. The van der Waals surface area contributed by atoms with Crippen LogP contribution in [0.15, 0.2) is 22.9 Å². The molecular weight excluding hydrogens is 188 g/mol. The minimum atomic E-state index is 0.915. The molecule has 0 fully saturated rings. The Morgan fingerprint density at radius 1 is 1.20 bits per heavy atom. The van der Waals surface area contributed by atoms with Crippen LogP contribution >= 0.6 is 0 Å². The Bertz CT molecular complexity index is 447. The second-order valence-corrected chi connectivity index (χ2v) is 4.24. The van der Waals surface area contributed by atoms with Gasteiger partial charge in [-0.1, -0.05) is 0 Å². The predicted octanol–water partition coefficient (Wildman–Crippen LogP) is 1.86. The molecule has 3 nitrogen and oxygen atoms in total. The normalized spacial score (nSPS) is 17.7. The lowest BCUT2D eigenvalue weighted by molar-refractivity contribution is 0.352. The van der Waals surface area contributed by atoms with E-state index in [1.165, 1.54) is 17.5 Å². The zero-order valence-electron chi connectivity index (χ0n) is 8.86. The molecule has 2 heterocycles. The number of rotatable bonds is 0. The fourth-order valence-electron chi connectivity index (χ4n) is 2.19. The van der Waals surface area contributed by atoms with Crippen molar-refractivity contribution in [2.75, 3.05) is 20.1 Å². The summed E-state index contributed by atoms with van der Waals surface area (Å²) >= 11 is 0. The second-order valence-electron chi connectivity index (χ2n) is 4.24. The van der Waals surface area contributed by atoms with Crippen LogP contribution in [0.1, 0.15) is 11.1 Å². The predicted molar refractivity (Wildman–Crippen MR) is 58.9 cm³/mol. The molecule has 1 aliphatic rings. The summed E-state index contributed by atoms with van der Waals surface area (Å²) < 4.78 is 5.33. The summed E-state index contributed by atoms with van der Waals surface area (Å²) in [7, 11) is 2.17. The molecule has 1 aliphatic heterocycles. The molecular formula is C12H14N2O. The van der Waals surface area contributed by atoms with E-state index >= 15 is 0 Å². The van der Waals surface area contributed by atoms with Crippen LogP contribution in [-0.2, 0) is 12.8 Å². The molecule has 3 heteroatoms. The van der Waals surface area contributed by atoms with Crippen LogP contribution in [0.25, 0.3) is 11.1 Å². The number of hydrogen-bond donors (Lipinski definition) is 0. The molecule has 15 heavy (non-hydrogen) atoms. The SMILES string of the molecule is CN1CCc2cc3ncoc3cc2CC1. The number of likely N-dealkylation sites (N-methyl/N-ethyl adjacent to an activating group) is 1. The quantitative estimate of drug-likeness (QED) is 0.653. The van der Waals surface area contributed by atoms with E-state index in [4.69, 9.17) is 4.42 Å². The van der Waals surface area contributed by atoms with Crippen LogP contribution in [0.5, 0.6) is 0 Å². The first-order chi connectivity index (χ1) is 7.33. The summed E-state index contributed by atoms with van der Waals surface area (Å²) in [5.41, 5.74) is 4.75. The third-order valence-electron chi connectivity index (χ3n) is 3.18. The lowest BCUT2D eigenvalue weighted by atomic mass is 10.0. The Balaban J connectivity index is 2.11. The minimum Gasteiger partial charge on any atom is -0.443 e. The molecule has 0 saturated carbocycles. The van der Waals surface area contributed by atoms with E-state index in [0.29, 0.717) is 0 Å². The highest BCUT2D eigenvalue weighted by Gasteiger charge is 2.13. The number of oxazole rings is 1. The first-order valence-corrected chi connectivity index (χ1v) is 5.36. The topological polar surface area (TPSA) is 29.3 Å². The van der Waals surface area contributed by atoms with Crippen molar-refractivity contribution in [1.82, 2.24) is 9.88 Å². The number of benzene rings is 1. The number of aromatic nitrogens is 1. The van der Waals surface area contributed by atoms with Gasteiger partial charge in [-0.2, -0.15) is 0 Å². The van der Waals surface area contributed by atoms with Crippen molar-refractivity contribution >= 4 is 11.1 Å². The summed E-state index contributed by atoms with van der Waals surface area (Å²) in [6.07, 6.45) is 3.76. The molecule has 0 aliphatic carbocycles. The first kappa shape index (κ1) is 8.92. The van der Waals surface area contributed by atoms with Crippen LogP contribution in [0.3, 0.4) is 0 Å². The van der Waals surface area contributed by atoms with Crippen LogP contribution in [0, 0.1) is 0 Å². The van der Waals surface area contributed by atoms with Gasteiger partial charge in [-0.05, 0) is 43.1 Å². The maximum atomic E-state index is 5.33. The molecule has 2 aromatic rings. The van der Waals surface area contributed by atoms with Gasteiger partial charge in [0, 0.05) is 13.1 Å². The zero-order chi connectivity index (χ0) is 10.3. The molecule has 0 amide bonds. The van der Waals surface area contributed by atoms with Gasteiger partial charge in [-0.25, -0.2) is 4.98 Å². The minimum absolute atomic E-state index is 0.915. The Hall–Kier alpha value is -1.35. The average molecular weight is 202 g/mol. The van der Waals surface area contributed by atoms with Gasteiger partial charge in [0.15, 0.2) is 12.0 Å². The van der Waals surface area contributed by atoms with Crippen LogP contribution < -0.4 is 0 Å². The van der Waals surface area contributed by atoms with E-state index in [0.717, 1.165) is 37.0 Å². The zero-order valence-corrected chi connectivity index (χ0v) is 8.86. The fraction of sp³-hybridized carbons (Fsp3) is 0.417. The summed E-state index contributed by atoms with van der Waals surface area (Å²) in [6.45, 7) is 2.27. The van der Waals surface area contributed by atoms with Crippen molar-refractivity contribution in [3.8, 4) is 0 Å². The van der Waals surface area contributed by atoms with E-state index in [2.05, 4.69) is 29.1 Å². The van der Waals surface area contributed by atoms with Crippen molar-refractivity contribution in [2.24, 2.45) is 0 Å². The molecule has 1 aromatic carbocycles. The van der Waals surface area contributed by atoms with E-state index in [9.17, 15) is 0 Å². The lowest BCUT2D eigenvalue weighted by Gasteiger charge is -2.10. The summed E-state index contributed by atoms with van der Waals surface area (Å²) in [6, 6.07) is 4.32. The van der Waals surface area contributed by atoms with Gasteiger partial charge in [0.1, 0.15) is 5.52 Å². The van der Waals surface area contributed by atoms with Crippen LogP contribution in [0.4, 0.5) is 0 Å². The molecule has 0 saturated heterocycles. The first-order valence-electron chi connectivity index (χ1n) is 5.36. The molecule has 0 radical (unpaired) electrons. The van der Waals surface area contributed by atoms with Gasteiger partial charge in [-0.15, -0.1) is 0 Å². The maximum Gasteiger partial charge on any atom is 0.181 e. The molecule has 0 N–H and O–H groups in total. The van der Waals surface area contributed by atoms with Gasteiger partial charge in [0.2, 0.25) is 0 Å². The average Bonchev–Trinajstić information content (AvgIpc) is 2.61. The number of fused-ring (bicyclic) bond motifs is 2. The highest BCUT2D eigenvalue weighted by atomic mass is 16.3. The fourth-order valence-corrected chi connectivity index (χ4v) is 2.19. The van der Waals surface area contributed by atoms with E-state index < -0.39 is 0 Å². The molecule has 3 rings (SSSR count). The Kier molecular flexibility index (Phi) is 1.99. The summed E-state index contributed by atoms with van der Waals surface area (Å²) in [5.74, 6) is 0. The van der Waals surface area contributed by atoms with Crippen LogP contribution in [-0.4, -0.2) is 30.0 Å². The van der Waals surface area contributed by atoms with Gasteiger partial charge in [0.25, 0.3) is 0 Å². The highest BCUT2D eigenvalue weighted by molar-refractivity contribution is 5.74. The van der Waals surface area contributed by atoms with Gasteiger partial charge in [0.05, 0.1) is 0 Å². The van der Waals surface area contributed by atoms with Crippen LogP contribution in [0.2, 0.25) is 0 Å². The summed E-state index contributed by atoms with van der Waals surface area (Å²) in [5, 5.41) is 0. The number of hydrogen-bond acceptors (Lipinski definition) is 3. The largest absolute Gasteiger partial charge is 0.443 e. The third kappa shape index (κ3) is 1.53. The Morgan fingerprint density at radius 2 is 1.93 bits per heavy atom. The third-order valence-corrected chi connectivity index (χ3v) is 3.18.